The molecule has 1 saturated carbocycles. The van der Waals surface area contributed by atoms with E-state index in [0.29, 0.717) is 12.0 Å². The summed E-state index contributed by atoms with van der Waals surface area (Å²) in [6, 6.07) is 6.24. The average Bonchev–Trinajstić information content (AvgIpc) is 2.89. The summed E-state index contributed by atoms with van der Waals surface area (Å²) in [5.74, 6) is 1.68. The molecule has 1 fully saturated rings. The van der Waals surface area contributed by atoms with Gasteiger partial charge in [0.25, 0.3) is 0 Å². The number of hydrogen-bond donors (Lipinski definition) is 1. The molecule has 0 spiro atoms. The molecule has 0 unspecified atom stereocenters. The molecule has 1 aromatic carbocycles. The van der Waals surface area contributed by atoms with E-state index in [1.165, 1.54) is 12.8 Å². The van der Waals surface area contributed by atoms with Crippen molar-refractivity contribution < 1.29 is 4.43 Å². The topological polar surface area (TPSA) is 37.9 Å². The van der Waals surface area contributed by atoms with Crippen LogP contribution in [0.15, 0.2) is 22.7 Å². The van der Waals surface area contributed by atoms with Crippen LogP contribution in [0, 0.1) is 0 Å². The summed E-state index contributed by atoms with van der Waals surface area (Å²) in [5, 5.41) is 0.288. The van der Waals surface area contributed by atoms with Crippen molar-refractivity contribution in [2.24, 2.45) is 0 Å². The van der Waals surface area contributed by atoms with Crippen LogP contribution in [-0.4, -0.2) is 24.4 Å². The second kappa shape index (κ2) is 6.58. The zero-order valence-corrected chi connectivity index (χ0v) is 18.0. The maximum absolute atomic E-state index is 6.60. The predicted octanol–water partition coefficient (Wildman–Crippen LogP) is 6.37. The van der Waals surface area contributed by atoms with Crippen molar-refractivity contribution in [1.82, 2.24) is 9.97 Å². The molecule has 1 aliphatic carbocycles. The highest BCUT2D eigenvalue weighted by atomic mass is 79.9. The SMILES string of the molecule is CC(C)(C)[Si](C)(C)O[C@H]1CC[C@H](c2nc3ccc(Br)cc3[nH]2)CC1. The summed E-state index contributed by atoms with van der Waals surface area (Å²) in [4.78, 5) is 8.33. The van der Waals surface area contributed by atoms with Gasteiger partial charge in [-0.05, 0) is 62.0 Å². The van der Waals surface area contributed by atoms with Crippen LogP contribution in [0.2, 0.25) is 18.1 Å². The molecule has 0 saturated heterocycles. The molecule has 1 aliphatic rings. The first-order valence-electron chi connectivity index (χ1n) is 8.99. The first kappa shape index (κ1) is 18.1. The van der Waals surface area contributed by atoms with E-state index in [9.17, 15) is 0 Å². The van der Waals surface area contributed by atoms with E-state index in [1.807, 2.05) is 0 Å². The zero-order valence-electron chi connectivity index (χ0n) is 15.4. The Hall–Kier alpha value is -0.653. The number of benzene rings is 1. The van der Waals surface area contributed by atoms with Gasteiger partial charge in [0, 0.05) is 16.5 Å². The van der Waals surface area contributed by atoms with Crippen molar-refractivity contribution in [3.05, 3.63) is 28.5 Å². The number of aromatic amines is 1. The van der Waals surface area contributed by atoms with Gasteiger partial charge in [-0.2, -0.15) is 0 Å². The third kappa shape index (κ3) is 3.78. The minimum Gasteiger partial charge on any atom is -0.414 e. The molecule has 0 amide bonds. The van der Waals surface area contributed by atoms with Gasteiger partial charge in [-0.25, -0.2) is 4.98 Å². The molecular weight excluding hydrogens is 380 g/mol. The fourth-order valence-corrected chi connectivity index (χ4v) is 5.03. The summed E-state index contributed by atoms with van der Waals surface area (Å²) >= 11 is 3.53. The van der Waals surface area contributed by atoms with E-state index >= 15 is 0 Å². The molecule has 1 heterocycles. The number of aromatic nitrogens is 2. The third-order valence-electron chi connectivity index (χ3n) is 5.79. The van der Waals surface area contributed by atoms with Crippen LogP contribution in [0.3, 0.4) is 0 Å². The second-order valence-corrected chi connectivity index (χ2v) is 14.3. The van der Waals surface area contributed by atoms with Gasteiger partial charge in [0.1, 0.15) is 5.82 Å². The van der Waals surface area contributed by atoms with Gasteiger partial charge in [0.05, 0.1) is 11.0 Å². The largest absolute Gasteiger partial charge is 0.414 e. The quantitative estimate of drug-likeness (QED) is 0.598. The van der Waals surface area contributed by atoms with Crippen molar-refractivity contribution >= 4 is 35.3 Å². The standard InChI is InChI=1S/C19H29BrN2OSi/c1-19(2,3)24(4,5)23-15-9-6-13(7-10-15)18-21-16-11-8-14(20)12-17(16)22-18/h8,11-13,15H,6-7,9-10H2,1-5H3,(H,21,22)/t13-,15-. The van der Waals surface area contributed by atoms with Crippen molar-refractivity contribution in [3.8, 4) is 0 Å². The lowest BCUT2D eigenvalue weighted by molar-refractivity contribution is 0.129. The summed E-state index contributed by atoms with van der Waals surface area (Å²) in [6.45, 7) is 11.7. The zero-order chi connectivity index (χ0) is 17.5. The van der Waals surface area contributed by atoms with Crippen LogP contribution in [0.5, 0.6) is 0 Å². The van der Waals surface area contributed by atoms with E-state index in [1.54, 1.807) is 0 Å². The first-order chi connectivity index (χ1) is 11.2. The van der Waals surface area contributed by atoms with Crippen molar-refractivity contribution in [2.75, 3.05) is 0 Å². The molecule has 24 heavy (non-hydrogen) atoms. The Labute approximate surface area is 154 Å². The summed E-state index contributed by atoms with van der Waals surface area (Å²) in [7, 11) is -1.65. The van der Waals surface area contributed by atoms with Gasteiger partial charge < -0.3 is 9.41 Å². The average molecular weight is 409 g/mol. The van der Waals surface area contributed by atoms with Crippen LogP contribution in [0.4, 0.5) is 0 Å². The van der Waals surface area contributed by atoms with E-state index in [4.69, 9.17) is 9.41 Å². The molecule has 132 valence electrons. The smallest absolute Gasteiger partial charge is 0.192 e. The molecule has 0 radical (unpaired) electrons. The fourth-order valence-electron chi connectivity index (χ4n) is 3.24. The Morgan fingerprint density at radius 2 is 1.83 bits per heavy atom. The Morgan fingerprint density at radius 3 is 2.46 bits per heavy atom. The van der Waals surface area contributed by atoms with Gasteiger partial charge >= 0.3 is 0 Å². The lowest BCUT2D eigenvalue weighted by Crippen LogP contribution is -2.44. The van der Waals surface area contributed by atoms with Crippen LogP contribution < -0.4 is 0 Å². The van der Waals surface area contributed by atoms with Crippen molar-refractivity contribution in [2.45, 2.75) is 76.6 Å². The molecule has 1 aromatic heterocycles. The van der Waals surface area contributed by atoms with E-state index in [-0.39, 0.29) is 5.04 Å². The van der Waals surface area contributed by atoms with Gasteiger partial charge in [0.2, 0.25) is 0 Å². The third-order valence-corrected chi connectivity index (χ3v) is 10.8. The normalized spacial score (nSPS) is 22.9. The molecule has 0 aliphatic heterocycles. The number of fused-ring (bicyclic) bond motifs is 1. The Bertz CT molecular complexity index is 712. The number of H-pyrrole nitrogens is 1. The van der Waals surface area contributed by atoms with Crippen LogP contribution in [0.25, 0.3) is 11.0 Å². The van der Waals surface area contributed by atoms with Gasteiger partial charge in [-0.15, -0.1) is 0 Å². The van der Waals surface area contributed by atoms with E-state index in [2.05, 4.69) is 73.0 Å². The van der Waals surface area contributed by atoms with Crippen molar-refractivity contribution in [3.63, 3.8) is 0 Å². The maximum atomic E-state index is 6.60. The summed E-state index contributed by atoms with van der Waals surface area (Å²) in [5.41, 5.74) is 2.19. The number of halogens is 1. The highest BCUT2D eigenvalue weighted by Crippen LogP contribution is 2.41. The minimum absolute atomic E-state index is 0.288. The number of imidazole rings is 1. The number of nitrogens with one attached hydrogen (secondary N) is 1. The molecular formula is C19H29BrN2OSi. The Morgan fingerprint density at radius 1 is 1.17 bits per heavy atom. The molecule has 3 nitrogen and oxygen atoms in total. The lowest BCUT2D eigenvalue weighted by atomic mass is 9.87. The van der Waals surface area contributed by atoms with Crippen molar-refractivity contribution in [1.29, 1.82) is 0 Å². The van der Waals surface area contributed by atoms with Gasteiger partial charge in [-0.1, -0.05) is 36.7 Å². The lowest BCUT2D eigenvalue weighted by Gasteiger charge is -2.41. The van der Waals surface area contributed by atoms with E-state index < -0.39 is 8.32 Å². The summed E-state index contributed by atoms with van der Waals surface area (Å²) in [6.07, 6.45) is 5.07. The molecule has 2 aromatic rings. The Kier molecular flexibility index (Phi) is 4.97. The van der Waals surface area contributed by atoms with Crippen LogP contribution in [0.1, 0.15) is 58.2 Å². The molecule has 3 rings (SSSR count). The molecule has 5 heteroatoms. The van der Waals surface area contributed by atoms with Crippen LogP contribution >= 0.6 is 15.9 Å². The molecule has 1 N–H and O–H groups in total. The first-order valence-corrected chi connectivity index (χ1v) is 12.7. The minimum atomic E-state index is -1.65. The predicted molar refractivity (Wildman–Crippen MR) is 107 cm³/mol. The highest BCUT2D eigenvalue weighted by Gasteiger charge is 2.40. The molecule has 0 atom stereocenters. The van der Waals surface area contributed by atoms with Gasteiger partial charge in [0.15, 0.2) is 8.32 Å². The Balaban J connectivity index is 1.64. The number of rotatable bonds is 3. The number of hydrogen-bond acceptors (Lipinski definition) is 2. The van der Waals surface area contributed by atoms with Gasteiger partial charge in [-0.3, -0.25) is 0 Å². The van der Waals surface area contributed by atoms with Crippen LogP contribution in [-0.2, 0) is 4.43 Å². The summed E-state index contributed by atoms with van der Waals surface area (Å²) < 4.78 is 7.70. The second-order valence-electron chi connectivity index (χ2n) is 8.64. The van der Waals surface area contributed by atoms with E-state index in [0.717, 1.165) is 34.2 Å². The number of nitrogens with zero attached hydrogens (tertiary/aromatic N) is 1. The maximum Gasteiger partial charge on any atom is 0.192 e. The fraction of sp³-hybridized carbons (Fsp3) is 0.632. The highest BCUT2D eigenvalue weighted by molar-refractivity contribution is 9.10. The monoisotopic (exact) mass is 408 g/mol. The molecule has 0 bridgehead atoms.